The first-order chi connectivity index (χ1) is 9.09. The molecule has 2 rings (SSSR count). The summed E-state index contributed by atoms with van der Waals surface area (Å²) in [6, 6.07) is 3.92. The largest absolute Gasteiger partial charge is 0.504 e. The van der Waals surface area contributed by atoms with Crippen LogP contribution in [0.4, 0.5) is 8.78 Å². The summed E-state index contributed by atoms with van der Waals surface area (Å²) < 4.78 is 25.5. The first-order valence-electron chi connectivity index (χ1n) is 6.33. The van der Waals surface area contributed by atoms with E-state index in [1.54, 1.807) is 12.1 Å². The summed E-state index contributed by atoms with van der Waals surface area (Å²) in [5.41, 5.74) is 0.363. The topological polar surface area (TPSA) is 55.7 Å². The van der Waals surface area contributed by atoms with Crippen molar-refractivity contribution < 1.29 is 19.0 Å². The van der Waals surface area contributed by atoms with Crippen LogP contribution in [0.1, 0.15) is 18.0 Å². The molecule has 0 spiro atoms. The first kappa shape index (κ1) is 14.0. The number of benzene rings is 1. The predicted octanol–water partition coefficient (Wildman–Crippen LogP) is 1.70. The molecule has 1 aromatic rings. The molecule has 0 bridgehead atoms. The molecule has 1 heterocycles. The highest BCUT2D eigenvalue weighted by atomic mass is 19.3. The molecule has 1 saturated heterocycles. The van der Waals surface area contributed by atoms with Gasteiger partial charge in [0, 0.05) is 44.2 Å². The van der Waals surface area contributed by atoms with Crippen molar-refractivity contribution in [1.29, 1.82) is 0 Å². The average molecular weight is 272 g/mol. The number of piperazine rings is 1. The first-order valence-corrected chi connectivity index (χ1v) is 6.33. The van der Waals surface area contributed by atoms with Crippen molar-refractivity contribution in [2.75, 3.05) is 26.2 Å². The Bertz CT molecular complexity index is 423. The molecule has 0 aromatic heterocycles. The summed E-state index contributed by atoms with van der Waals surface area (Å²) in [5, 5.41) is 22.5. The number of para-hydroxylation sites is 1. The van der Waals surface area contributed by atoms with Gasteiger partial charge in [0.15, 0.2) is 11.5 Å². The van der Waals surface area contributed by atoms with Crippen LogP contribution in [0, 0.1) is 0 Å². The van der Waals surface area contributed by atoms with E-state index in [1.807, 2.05) is 4.90 Å². The Balaban J connectivity index is 2.27. The zero-order valence-corrected chi connectivity index (χ0v) is 10.5. The summed E-state index contributed by atoms with van der Waals surface area (Å²) in [5.74, 6) is -0.571. The molecule has 6 heteroatoms. The van der Waals surface area contributed by atoms with Crippen LogP contribution in [0.2, 0.25) is 0 Å². The van der Waals surface area contributed by atoms with Gasteiger partial charge in [-0.05, 0) is 6.07 Å². The van der Waals surface area contributed by atoms with E-state index in [0.717, 1.165) is 13.1 Å². The second kappa shape index (κ2) is 6.16. The number of nitrogens with one attached hydrogen (secondary N) is 1. The van der Waals surface area contributed by atoms with E-state index >= 15 is 0 Å². The zero-order chi connectivity index (χ0) is 13.8. The molecule has 0 aliphatic carbocycles. The van der Waals surface area contributed by atoms with Gasteiger partial charge in [0.2, 0.25) is 6.43 Å². The van der Waals surface area contributed by atoms with Gasteiger partial charge in [0.05, 0.1) is 0 Å². The van der Waals surface area contributed by atoms with Crippen LogP contribution in [0.5, 0.6) is 11.5 Å². The third-order valence-electron chi connectivity index (χ3n) is 3.40. The van der Waals surface area contributed by atoms with Crippen LogP contribution in [-0.2, 0) is 0 Å². The van der Waals surface area contributed by atoms with Crippen molar-refractivity contribution >= 4 is 0 Å². The molecule has 19 heavy (non-hydrogen) atoms. The Labute approximate surface area is 110 Å². The summed E-state index contributed by atoms with van der Waals surface area (Å²) in [6.45, 7) is 2.76. The lowest BCUT2D eigenvalue weighted by molar-refractivity contribution is 0.0728. The minimum absolute atomic E-state index is 0.271. The summed E-state index contributed by atoms with van der Waals surface area (Å²) in [7, 11) is 0. The lowest BCUT2D eigenvalue weighted by Crippen LogP contribution is -2.45. The van der Waals surface area contributed by atoms with Gasteiger partial charge in [0.1, 0.15) is 0 Å². The maximum atomic E-state index is 12.8. The predicted molar refractivity (Wildman–Crippen MR) is 67.6 cm³/mol. The standard InChI is InChI=1S/C13H18F2N2O2/c14-12(15)8-10(17-6-4-16-5-7-17)9-2-1-3-11(18)13(9)19/h1-3,10,12,16,18-19H,4-8H2/t10-/m0/s1. The van der Waals surface area contributed by atoms with Gasteiger partial charge < -0.3 is 15.5 Å². The Morgan fingerprint density at radius 1 is 1.21 bits per heavy atom. The highest BCUT2D eigenvalue weighted by Crippen LogP contribution is 2.38. The van der Waals surface area contributed by atoms with Gasteiger partial charge in [-0.2, -0.15) is 0 Å². The summed E-state index contributed by atoms with van der Waals surface area (Å²) >= 11 is 0. The van der Waals surface area contributed by atoms with Crippen molar-refractivity contribution in [3.05, 3.63) is 23.8 Å². The van der Waals surface area contributed by atoms with Gasteiger partial charge in [0.25, 0.3) is 0 Å². The molecule has 1 aliphatic rings. The van der Waals surface area contributed by atoms with Crippen LogP contribution < -0.4 is 5.32 Å². The lowest BCUT2D eigenvalue weighted by atomic mass is 10.00. The Morgan fingerprint density at radius 2 is 1.89 bits per heavy atom. The maximum absolute atomic E-state index is 12.8. The number of aromatic hydroxyl groups is 2. The van der Waals surface area contributed by atoms with E-state index in [1.165, 1.54) is 6.07 Å². The van der Waals surface area contributed by atoms with Gasteiger partial charge in [-0.25, -0.2) is 8.78 Å². The highest BCUT2D eigenvalue weighted by Gasteiger charge is 2.28. The van der Waals surface area contributed by atoms with E-state index < -0.39 is 12.5 Å². The highest BCUT2D eigenvalue weighted by molar-refractivity contribution is 5.46. The zero-order valence-electron chi connectivity index (χ0n) is 10.5. The number of hydrogen-bond donors (Lipinski definition) is 3. The molecule has 4 nitrogen and oxygen atoms in total. The van der Waals surface area contributed by atoms with Gasteiger partial charge in [-0.3, -0.25) is 4.90 Å². The van der Waals surface area contributed by atoms with Gasteiger partial charge in [-0.15, -0.1) is 0 Å². The maximum Gasteiger partial charge on any atom is 0.240 e. The van der Waals surface area contributed by atoms with Crippen LogP contribution in [0.15, 0.2) is 18.2 Å². The number of alkyl halides is 2. The molecule has 0 unspecified atom stereocenters. The number of rotatable bonds is 4. The summed E-state index contributed by atoms with van der Waals surface area (Å²) in [6.07, 6.45) is -2.81. The Kier molecular flexibility index (Phi) is 4.55. The third kappa shape index (κ3) is 3.33. The molecule has 1 aliphatic heterocycles. The second-order valence-electron chi connectivity index (χ2n) is 4.64. The van der Waals surface area contributed by atoms with Crippen molar-refractivity contribution in [1.82, 2.24) is 10.2 Å². The van der Waals surface area contributed by atoms with Crippen molar-refractivity contribution in [3.63, 3.8) is 0 Å². The number of hydrogen-bond acceptors (Lipinski definition) is 4. The lowest BCUT2D eigenvalue weighted by Gasteiger charge is -2.35. The van der Waals surface area contributed by atoms with Crippen molar-refractivity contribution in [3.8, 4) is 11.5 Å². The van der Waals surface area contributed by atoms with E-state index in [4.69, 9.17) is 0 Å². The van der Waals surface area contributed by atoms with E-state index in [9.17, 15) is 19.0 Å². The van der Waals surface area contributed by atoms with Crippen LogP contribution in [0.3, 0.4) is 0 Å². The molecule has 106 valence electrons. The number of phenols is 2. The minimum atomic E-state index is -2.46. The molecule has 1 aromatic carbocycles. The summed E-state index contributed by atoms with van der Waals surface area (Å²) in [4.78, 5) is 1.91. The average Bonchev–Trinajstić information content (AvgIpc) is 2.40. The van der Waals surface area contributed by atoms with Crippen molar-refractivity contribution in [2.24, 2.45) is 0 Å². The molecule has 1 atom stereocenters. The minimum Gasteiger partial charge on any atom is -0.504 e. The Morgan fingerprint density at radius 3 is 2.53 bits per heavy atom. The smallest absolute Gasteiger partial charge is 0.240 e. The molecular formula is C13H18F2N2O2. The molecule has 3 N–H and O–H groups in total. The van der Waals surface area contributed by atoms with E-state index in [2.05, 4.69) is 5.32 Å². The molecule has 0 amide bonds. The van der Waals surface area contributed by atoms with Crippen molar-refractivity contribution in [2.45, 2.75) is 18.9 Å². The monoisotopic (exact) mass is 272 g/mol. The second-order valence-corrected chi connectivity index (χ2v) is 4.64. The molecular weight excluding hydrogens is 254 g/mol. The number of nitrogens with zero attached hydrogens (tertiary/aromatic N) is 1. The molecule has 1 fully saturated rings. The molecule has 0 radical (unpaired) electrons. The number of phenolic OH excluding ortho intramolecular Hbond substituents is 2. The van der Waals surface area contributed by atoms with Gasteiger partial charge in [-0.1, -0.05) is 12.1 Å². The van der Waals surface area contributed by atoms with E-state index in [0.29, 0.717) is 18.7 Å². The van der Waals surface area contributed by atoms with Crippen LogP contribution in [-0.4, -0.2) is 47.7 Å². The number of halogens is 2. The normalized spacial score (nSPS) is 18.7. The quantitative estimate of drug-likeness (QED) is 0.730. The van der Waals surface area contributed by atoms with Crippen LogP contribution in [0.25, 0.3) is 0 Å². The SMILES string of the molecule is Oc1cccc([C@H](CC(F)F)N2CCNCC2)c1O. The van der Waals surface area contributed by atoms with Crippen LogP contribution >= 0.6 is 0 Å². The Hall–Kier alpha value is -1.40. The molecule has 0 saturated carbocycles. The fourth-order valence-electron chi connectivity index (χ4n) is 2.45. The van der Waals surface area contributed by atoms with Gasteiger partial charge >= 0.3 is 0 Å². The van der Waals surface area contributed by atoms with E-state index in [-0.39, 0.29) is 17.9 Å². The fraction of sp³-hybridized carbons (Fsp3) is 0.538. The fourth-order valence-corrected chi connectivity index (χ4v) is 2.45. The third-order valence-corrected chi connectivity index (χ3v) is 3.40.